The van der Waals surface area contributed by atoms with Crippen molar-refractivity contribution in [1.82, 2.24) is 4.31 Å². The minimum atomic E-state index is -3.07. The molecule has 4 nitrogen and oxygen atoms in total. The Morgan fingerprint density at radius 2 is 2.21 bits per heavy atom. The molecule has 14 heavy (non-hydrogen) atoms. The van der Waals surface area contributed by atoms with Crippen LogP contribution in [0.4, 0.5) is 0 Å². The molecule has 2 unspecified atom stereocenters. The number of sulfonamides is 1. The van der Waals surface area contributed by atoms with E-state index >= 15 is 0 Å². The zero-order chi connectivity index (χ0) is 10.8. The van der Waals surface area contributed by atoms with E-state index in [1.807, 2.05) is 0 Å². The second kappa shape index (κ2) is 4.59. The number of hydrogen-bond acceptors (Lipinski definition) is 3. The third kappa shape index (κ3) is 2.68. The summed E-state index contributed by atoms with van der Waals surface area (Å²) >= 11 is 0. The summed E-state index contributed by atoms with van der Waals surface area (Å²) in [7, 11) is -3.07. The molecule has 2 atom stereocenters. The zero-order valence-electron chi connectivity index (χ0n) is 8.81. The van der Waals surface area contributed by atoms with Crippen molar-refractivity contribution in [3.05, 3.63) is 0 Å². The molecule has 1 saturated heterocycles. The van der Waals surface area contributed by atoms with Crippen molar-refractivity contribution in [3.63, 3.8) is 0 Å². The predicted octanol–water partition coefficient (Wildman–Crippen LogP) is 0.571. The van der Waals surface area contributed by atoms with Crippen molar-refractivity contribution < 1.29 is 13.5 Å². The highest BCUT2D eigenvalue weighted by Gasteiger charge is 2.33. The normalized spacial score (nSPS) is 26.6. The summed E-state index contributed by atoms with van der Waals surface area (Å²) in [6, 6.07) is 0.0138. The van der Waals surface area contributed by atoms with E-state index in [-0.39, 0.29) is 11.8 Å². The van der Waals surface area contributed by atoms with Gasteiger partial charge in [-0.3, -0.25) is 0 Å². The topological polar surface area (TPSA) is 57.6 Å². The van der Waals surface area contributed by atoms with Crippen LogP contribution in [0.15, 0.2) is 0 Å². The van der Waals surface area contributed by atoms with Crippen LogP contribution in [0.2, 0.25) is 0 Å². The summed E-state index contributed by atoms with van der Waals surface area (Å²) in [5.41, 5.74) is 0. The maximum absolute atomic E-state index is 11.6. The predicted molar refractivity (Wildman–Crippen MR) is 55.5 cm³/mol. The first-order chi connectivity index (χ1) is 6.47. The minimum Gasteiger partial charge on any atom is -0.393 e. The highest BCUT2D eigenvalue weighted by molar-refractivity contribution is 7.89. The average Bonchev–Trinajstić information content (AvgIpc) is 2.52. The summed E-state index contributed by atoms with van der Waals surface area (Å²) in [6.07, 6.45) is 1.92. The van der Waals surface area contributed by atoms with Crippen LogP contribution >= 0.6 is 0 Å². The van der Waals surface area contributed by atoms with Crippen LogP contribution in [0, 0.1) is 0 Å². The number of aliphatic hydroxyl groups is 1. The van der Waals surface area contributed by atoms with E-state index in [9.17, 15) is 13.5 Å². The molecule has 0 aromatic rings. The third-order valence-corrected chi connectivity index (χ3v) is 4.58. The summed E-state index contributed by atoms with van der Waals surface area (Å²) in [5, 5.41) is 9.25. The van der Waals surface area contributed by atoms with Crippen LogP contribution in [0.1, 0.15) is 33.1 Å². The molecule has 1 heterocycles. The van der Waals surface area contributed by atoms with Crippen molar-refractivity contribution in [2.24, 2.45) is 0 Å². The standard InChI is InChI=1S/C9H19NO3S/c1-3-14(12,13)10-6-4-5-9(10)7-8(2)11/h8-9,11H,3-7H2,1-2H3. The molecule has 5 heteroatoms. The number of rotatable bonds is 4. The van der Waals surface area contributed by atoms with E-state index in [4.69, 9.17) is 0 Å². The Hall–Kier alpha value is -0.130. The highest BCUT2D eigenvalue weighted by Crippen LogP contribution is 2.24. The largest absolute Gasteiger partial charge is 0.393 e. The van der Waals surface area contributed by atoms with Gasteiger partial charge in [-0.1, -0.05) is 0 Å². The van der Waals surface area contributed by atoms with Gasteiger partial charge in [0.2, 0.25) is 10.0 Å². The smallest absolute Gasteiger partial charge is 0.214 e. The van der Waals surface area contributed by atoms with E-state index in [0.29, 0.717) is 13.0 Å². The molecule has 1 fully saturated rings. The van der Waals surface area contributed by atoms with Crippen molar-refractivity contribution in [2.45, 2.75) is 45.3 Å². The number of hydrogen-bond donors (Lipinski definition) is 1. The summed E-state index contributed by atoms with van der Waals surface area (Å²) in [5.74, 6) is 0.156. The molecule has 1 aliphatic rings. The Morgan fingerprint density at radius 3 is 2.71 bits per heavy atom. The molecule has 0 saturated carbocycles. The quantitative estimate of drug-likeness (QED) is 0.755. The van der Waals surface area contributed by atoms with Crippen LogP contribution in [-0.2, 0) is 10.0 Å². The molecular weight excluding hydrogens is 202 g/mol. The second-order valence-electron chi connectivity index (χ2n) is 3.89. The van der Waals surface area contributed by atoms with E-state index in [2.05, 4.69) is 0 Å². The SMILES string of the molecule is CCS(=O)(=O)N1CCCC1CC(C)O. The van der Waals surface area contributed by atoms with Gasteiger partial charge < -0.3 is 5.11 Å². The first-order valence-corrected chi connectivity index (χ1v) is 6.76. The fourth-order valence-electron chi connectivity index (χ4n) is 1.97. The number of aliphatic hydroxyl groups excluding tert-OH is 1. The summed E-state index contributed by atoms with van der Waals surface area (Å²) < 4.78 is 24.8. The fraction of sp³-hybridized carbons (Fsp3) is 1.00. The van der Waals surface area contributed by atoms with Gasteiger partial charge in [0, 0.05) is 12.6 Å². The first-order valence-electron chi connectivity index (χ1n) is 5.15. The van der Waals surface area contributed by atoms with Crippen LogP contribution in [0.5, 0.6) is 0 Å². The van der Waals surface area contributed by atoms with Gasteiger partial charge >= 0.3 is 0 Å². The minimum absolute atomic E-state index is 0.0138. The molecule has 0 spiro atoms. The monoisotopic (exact) mass is 221 g/mol. The Morgan fingerprint density at radius 1 is 1.57 bits per heavy atom. The maximum atomic E-state index is 11.6. The lowest BCUT2D eigenvalue weighted by atomic mass is 10.1. The van der Waals surface area contributed by atoms with Gasteiger partial charge in [0.1, 0.15) is 0 Å². The van der Waals surface area contributed by atoms with Gasteiger partial charge in [0.05, 0.1) is 11.9 Å². The van der Waals surface area contributed by atoms with E-state index in [1.165, 1.54) is 0 Å². The lowest BCUT2D eigenvalue weighted by molar-refractivity contribution is 0.158. The van der Waals surface area contributed by atoms with E-state index in [0.717, 1.165) is 12.8 Å². The molecule has 1 aliphatic heterocycles. The van der Waals surface area contributed by atoms with Gasteiger partial charge in [-0.25, -0.2) is 8.42 Å². The molecular formula is C9H19NO3S. The molecule has 0 aromatic carbocycles. The summed E-state index contributed by atoms with van der Waals surface area (Å²) in [4.78, 5) is 0. The zero-order valence-corrected chi connectivity index (χ0v) is 9.63. The van der Waals surface area contributed by atoms with Crippen LogP contribution < -0.4 is 0 Å². The fourth-order valence-corrected chi connectivity index (χ4v) is 3.36. The van der Waals surface area contributed by atoms with Gasteiger partial charge in [-0.2, -0.15) is 4.31 Å². The van der Waals surface area contributed by atoms with Crippen LogP contribution in [0.3, 0.4) is 0 Å². The van der Waals surface area contributed by atoms with Crippen LogP contribution in [0.25, 0.3) is 0 Å². The van der Waals surface area contributed by atoms with E-state index in [1.54, 1.807) is 18.2 Å². The molecule has 1 N–H and O–H groups in total. The van der Waals surface area contributed by atoms with Gasteiger partial charge in [0.25, 0.3) is 0 Å². The highest BCUT2D eigenvalue weighted by atomic mass is 32.2. The molecule has 0 radical (unpaired) electrons. The molecule has 0 amide bonds. The van der Waals surface area contributed by atoms with Crippen molar-refractivity contribution >= 4 is 10.0 Å². The van der Waals surface area contributed by atoms with Gasteiger partial charge in [0.15, 0.2) is 0 Å². The average molecular weight is 221 g/mol. The molecule has 1 rings (SSSR count). The molecule has 0 bridgehead atoms. The maximum Gasteiger partial charge on any atom is 0.214 e. The molecule has 84 valence electrons. The second-order valence-corrected chi connectivity index (χ2v) is 6.10. The lowest BCUT2D eigenvalue weighted by Gasteiger charge is -2.24. The van der Waals surface area contributed by atoms with Crippen molar-refractivity contribution in [3.8, 4) is 0 Å². The molecule has 0 aromatic heterocycles. The van der Waals surface area contributed by atoms with Crippen molar-refractivity contribution in [1.29, 1.82) is 0 Å². The Bertz CT molecular complexity index is 274. The molecule has 0 aliphatic carbocycles. The van der Waals surface area contributed by atoms with Gasteiger partial charge in [-0.15, -0.1) is 0 Å². The first kappa shape index (κ1) is 11.9. The van der Waals surface area contributed by atoms with Crippen molar-refractivity contribution in [2.75, 3.05) is 12.3 Å². The summed E-state index contributed by atoms with van der Waals surface area (Å²) in [6.45, 7) is 3.98. The van der Waals surface area contributed by atoms with Gasteiger partial charge in [-0.05, 0) is 33.1 Å². The Kier molecular flexibility index (Phi) is 3.92. The van der Waals surface area contributed by atoms with Crippen LogP contribution in [-0.4, -0.2) is 42.3 Å². The lowest BCUT2D eigenvalue weighted by Crippen LogP contribution is -2.38. The Balaban J connectivity index is 2.69. The third-order valence-electron chi connectivity index (χ3n) is 2.66. The van der Waals surface area contributed by atoms with E-state index < -0.39 is 16.1 Å². The number of nitrogens with zero attached hydrogens (tertiary/aromatic N) is 1. The Labute approximate surface area is 86.0 Å².